The molecule has 29 heavy (non-hydrogen) atoms. The lowest BCUT2D eigenvalue weighted by Crippen LogP contribution is -2.50. The van der Waals surface area contributed by atoms with Crippen molar-refractivity contribution in [3.8, 4) is 0 Å². The van der Waals surface area contributed by atoms with Crippen LogP contribution in [0.5, 0.6) is 0 Å². The molecule has 0 radical (unpaired) electrons. The van der Waals surface area contributed by atoms with Crippen molar-refractivity contribution >= 4 is 21.8 Å². The second kappa shape index (κ2) is 8.50. The highest BCUT2D eigenvalue weighted by atomic mass is 32.2. The Morgan fingerprint density at radius 1 is 1.21 bits per heavy atom. The molecule has 0 spiro atoms. The summed E-state index contributed by atoms with van der Waals surface area (Å²) in [5.41, 5.74) is -0.605. The standard InChI is InChI=1S/C21H38N2O4S2/c1-14(2)11-19(23(24)25)28-18-12-17-9-10-21(18,20(17,7)8)13-29(26,27)22(15(3)4)16(5)6/h11,14-18H,9-10,12-13H2,1-8H3/b19-11-/t17-,18-,21-/m1/s1. The Balaban J connectivity index is 2.45. The maximum atomic E-state index is 13.6. The van der Waals surface area contributed by atoms with Crippen molar-refractivity contribution in [1.29, 1.82) is 0 Å². The van der Waals surface area contributed by atoms with Gasteiger partial charge in [-0.25, -0.2) is 8.42 Å². The molecule has 0 heterocycles. The molecule has 0 aromatic heterocycles. The first-order valence-corrected chi connectivity index (χ1v) is 13.2. The molecule has 2 fully saturated rings. The van der Waals surface area contributed by atoms with Crippen LogP contribution < -0.4 is 0 Å². The van der Waals surface area contributed by atoms with E-state index < -0.39 is 15.4 Å². The molecule has 0 saturated heterocycles. The fourth-order valence-corrected chi connectivity index (χ4v) is 10.4. The fourth-order valence-electron chi connectivity index (χ4n) is 5.72. The van der Waals surface area contributed by atoms with Gasteiger partial charge in [-0.05, 0) is 76.0 Å². The molecule has 3 atom stereocenters. The minimum atomic E-state index is -3.50. The largest absolute Gasteiger partial charge is 0.299 e. The summed E-state index contributed by atoms with van der Waals surface area (Å²) in [6.45, 7) is 15.9. The number of fused-ring (bicyclic) bond motifs is 2. The van der Waals surface area contributed by atoms with Crippen molar-refractivity contribution < 1.29 is 13.3 Å². The molecule has 0 N–H and O–H groups in total. The minimum absolute atomic E-state index is 0.0531. The van der Waals surface area contributed by atoms with Gasteiger partial charge in [0.2, 0.25) is 10.0 Å². The van der Waals surface area contributed by atoms with E-state index in [9.17, 15) is 18.5 Å². The number of rotatable bonds is 9. The average Bonchev–Trinajstić information content (AvgIpc) is 2.86. The normalized spacial score (nSPS) is 29.6. The predicted molar refractivity (Wildman–Crippen MR) is 121 cm³/mol. The summed E-state index contributed by atoms with van der Waals surface area (Å²) in [4.78, 5) is 11.4. The van der Waals surface area contributed by atoms with Gasteiger partial charge in [0, 0.05) is 28.8 Å². The maximum absolute atomic E-state index is 13.6. The van der Waals surface area contributed by atoms with Crippen LogP contribution in [0.25, 0.3) is 0 Å². The maximum Gasteiger partial charge on any atom is 0.299 e. The topological polar surface area (TPSA) is 80.5 Å². The monoisotopic (exact) mass is 446 g/mol. The van der Waals surface area contributed by atoms with Crippen LogP contribution in [-0.4, -0.2) is 40.7 Å². The Morgan fingerprint density at radius 2 is 1.76 bits per heavy atom. The Bertz CT molecular complexity index is 751. The number of hydrogen-bond acceptors (Lipinski definition) is 5. The third-order valence-electron chi connectivity index (χ3n) is 7.06. The Labute approximate surface area is 181 Å². The van der Waals surface area contributed by atoms with Crippen LogP contribution in [0, 0.1) is 32.8 Å². The van der Waals surface area contributed by atoms with E-state index in [4.69, 9.17) is 0 Å². The summed E-state index contributed by atoms with van der Waals surface area (Å²) in [6, 6.07) is -0.223. The van der Waals surface area contributed by atoms with Crippen LogP contribution in [0.2, 0.25) is 0 Å². The van der Waals surface area contributed by atoms with Gasteiger partial charge in [0.25, 0.3) is 5.03 Å². The quantitative estimate of drug-likeness (QED) is 0.362. The molecule has 2 bridgehead atoms. The van der Waals surface area contributed by atoms with Gasteiger partial charge in [0.05, 0.1) is 10.7 Å². The van der Waals surface area contributed by atoms with Gasteiger partial charge in [-0.1, -0.05) is 27.7 Å². The molecule has 2 aliphatic carbocycles. The van der Waals surface area contributed by atoms with Gasteiger partial charge in [-0.15, -0.1) is 0 Å². The number of thioether (sulfide) groups is 1. The lowest BCUT2D eigenvalue weighted by Gasteiger charge is -2.43. The number of nitrogens with zero attached hydrogens (tertiary/aromatic N) is 2. The van der Waals surface area contributed by atoms with E-state index in [-0.39, 0.29) is 44.4 Å². The first-order valence-electron chi connectivity index (χ1n) is 10.7. The molecule has 0 amide bonds. The smallest absolute Gasteiger partial charge is 0.258 e. The Kier molecular flexibility index (Phi) is 7.23. The highest BCUT2D eigenvalue weighted by Gasteiger charge is 2.66. The van der Waals surface area contributed by atoms with E-state index in [1.54, 1.807) is 10.4 Å². The molecular formula is C21H38N2O4S2. The minimum Gasteiger partial charge on any atom is -0.258 e. The number of hydrogen-bond donors (Lipinski definition) is 0. The zero-order valence-electron chi connectivity index (χ0n) is 19.1. The van der Waals surface area contributed by atoms with E-state index in [2.05, 4.69) is 13.8 Å². The Morgan fingerprint density at radius 3 is 2.17 bits per heavy atom. The third kappa shape index (κ3) is 4.54. The van der Waals surface area contributed by atoms with Crippen molar-refractivity contribution in [2.45, 2.75) is 92.0 Å². The van der Waals surface area contributed by atoms with E-state index in [1.165, 1.54) is 11.8 Å². The molecule has 0 aromatic carbocycles. The van der Waals surface area contributed by atoms with Gasteiger partial charge in [0.1, 0.15) is 0 Å². The molecule has 0 aromatic rings. The summed E-state index contributed by atoms with van der Waals surface area (Å²) < 4.78 is 28.7. The first-order chi connectivity index (χ1) is 13.2. The molecule has 168 valence electrons. The van der Waals surface area contributed by atoms with Crippen LogP contribution >= 0.6 is 11.8 Å². The lowest BCUT2D eigenvalue weighted by atomic mass is 9.70. The van der Waals surface area contributed by atoms with Crippen LogP contribution in [-0.2, 0) is 10.0 Å². The van der Waals surface area contributed by atoms with E-state index >= 15 is 0 Å². The van der Waals surface area contributed by atoms with Crippen molar-refractivity contribution in [3.63, 3.8) is 0 Å². The van der Waals surface area contributed by atoms with Crippen molar-refractivity contribution in [3.05, 3.63) is 21.2 Å². The van der Waals surface area contributed by atoms with Gasteiger partial charge in [-0.2, -0.15) is 4.31 Å². The van der Waals surface area contributed by atoms with Crippen molar-refractivity contribution in [2.24, 2.45) is 22.7 Å². The van der Waals surface area contributed by atoms with E-state index in [0.29, 0.717) is 5.92 Å². The summed E-state index contributed by atoms with van der Waals surface area (Å²) in [7, 11) is -3.50. The molecule has 0 unspecified atom stereocenters. The Hall–Kier alpha value is -0.600. The van der Waals surface area contributed by atoms with Gasteiger partial charge >= 0.3 is 0 Å². The van der Waals surface area contributed by atoms with Crippen LogP contribution in [0.3, 0.4) is 0 Å². The third-order valence-corrected chi connectivity index (χ3v) is 10.9. The first kappa shape index (κ1) is 24.7. The highest BCUT2D eigenvalue weighted by molar-refractivity contribution is 8.03. The summed E-state index contributed by atoms with van der Waals surface area (Å²) in [6.07, 6.45) is 4.36. The summed E-state index contributed by atoms with van der Waals surface area (Å²) >= 11 is 1.30. The van der Waals surface area contributed by atoms with Gasteiger partial charge in [-0.3, -0.25) is 10.1 Å². The molecule has 8 heteroatoms. The van der Waals surface area contributed by atoms with Gasteiger partial charge in [0.15, 0.2) is 0 Å². The number of sulfonamides is 1. The fraction of sp³-hybridized carbons (Fsp3) is 0.905. The molecule has 0 aliphatic heterocycles. The molecular weight excluding hydrogens is 408 g/mol. The van der Waals surface area contributed by atoms with E-state index in [0.717, 1.165) is 19.3 Å². The highest BCUT2D eigenvalue weighted by Crippen LogP contribution is 2.69. The lowest BCUT2D eigenvalue weighted by molar-refractivity contribution is -0.410. The number of allylic oxidation sites excluding steroid dienone is 1. The zero-order chi connectivity index (χ0) is 22.4. The zero-order valence-corrected chi connectivity index (χ0v) is 20.8. The number of nitro groups is 1. The summed E-state index contributed by atoms with van der Waals surface area (Å²) in [5.74, 6) is 0.560. The predicted octanol–water partition coefficient (Wildman–Crippen LogP) is 5.14. The second-order valence-corrected chi connectivity index (χ2v) is 13.3. The van der Waals surface area contributed by atoms with Crippen LogP contribution in [0.15, 0.2) is 11.1 Å². The average molecular weight is 447 g/mol. The molecule has 6 nitrogen and oxygen atoms in total. The van der Waals surface area contributed by atoms with Crippen molar-refractivity contribution in [2.75, 3.05) is 5.75 Å². The molecule has 2 saturated carbocycles. The van der Waals surface area contributed by atoms with Crippen LogP contribution in [0.1, 0.15) is 74.7 Å². The van der Waals surface area contributed by atoms with E-state index in [1.807, 2.05) is 41.5 Å². The van der Waals surface area contributed by atoms with Gasteiger partial charge < -0.3 is 0 Å². The second-order valence-electron chi connectivity index (χ2n) is 10.2. The van der Waals surface area contributed by atoms with Crippen molar-refractivity contribution in [1.82, 2.24) is 4.31 Å². The van der Waals surface area contributed by atoms with Crippen LogP contribution in [0.4, 0.5) is 0 Å². The molecule has 2 rings (SSSR count). The SMILES string of the molecule is CC(C)/C=C(\S[C@@H]1C[C@H]2CC[C@]1(CS(=O)(=O)N(C(C)C)C(C)C)C2(C)C)[N+](=O)[O-]. The summed E-state index contributed by atoms with van der Waals surface area (Å²) in [5, 5.41) is 11.8. The molecule has 2 aliphatic rings.